The van der Waals surface area contributed by atoms with Crippen LogP contribution < -0.4 is 15.4 Å². The van der Waals surface area contributed by atoms with Gasteiger partial charge >= 0.3 is 0 Å². The summed E-state index contributed by atoms with van der Waals surface area (Å²) in [6.07, 6.45) is 0. The Balaban J connectivity index is 1.72. The van der Waals surface area contributed by atoms with E-state index in [9.17, 15) is 4.79 Å². The van der Waals surface area contributed by atoms with Crippen LogP contribution >= 0.6 is 35.5 Å². The number of aromatic nitrogens is 2. The molecule has 1 aromatic heterocycles. The number of nitrogens with zero attached hydrogens (tertiary/aromatic N) is 2. The quantitative estimate of drug-likeness (QED) is 0.679. The molecule has 1 heterocycles. The highest BCUT2D eigenvalue weighted by Crippen LogP contribution is 2.27. The van der Waals surface area contributed by atoms with E-state index < -0.39 is 0 Å². The summed E-state index contributed by atoms with van der Waals surface area (Å²) in [6.45, 7) is 0. The zero-order valence-electron chi connectivity index (χ0n) is 12.4. The van der Waals surface area contributed by atoms with Gasteiger partial charge in [-0.3, -0.25) is 10.1 Å². The zero-order chi connectivity index (χ0) is 17.1. The van der Waals surface area contributed by atoms with Crippen LogP contribution in [0.5, 0.6) is 5.75 Å². The molecule has 0 bridgehead atoms. The van der Waals surface area contributed by atoms with Crippen molar-refractivity contribution in [1.29, 1.82) is 0 Å². The van der Waals surface area contributed by atoms with Crippen LogP contribution in [0.1, 0.15) is 10.4 Å². The first kappa shape index (κ1) is 16.6. The molecule has 2 aromatic carbocycles. The molecule has 0 saturated carbocycles. The Kier molecular flexibility index (Phi) is 4.89. The SMILES string of the molecule is COc1ccc(Cl)cc1NC(=S)NC(=O)c1ccc2nsnc2c1. The Hall–Kier alpha value is -2.29. The number of benzene rings is 2. The van der Waals surface area contributed by atoms with Crippen molar-refractivity contribution in [3.05, 3.63) is 47.0 Å². The summed E-state index contributed by atoms with van der Waals surface area (Å²) >= 11 is 12.2. The van der Waals surface area contributed by atoms with Crippen molar-refractivity contribution in [1.82, 2.24) is 14.1 Å². The number of hydrogen-bond acceptors (Lipinski definition) is 6. The van der Waals surface area contributed by atoms with E-state index in [2.05, 4.69) is 19.4 Å². The lowest BCUT2D eigenvalue weighted by molar-refractivity contribution is 0.0978. The highest BCUT2D eigenvalue weighted by molar-refractivity contribution is 7.80. The van der Waals surface area contributed by atoms with E-state index in [0.29, 0.717) is 27.5 Å². The zero-order valence-corrected chi connectivity index (χ0v) is 14.8. The third kappa shape index (κ3) is 3.61. The van der Waals surface area contributed by atoms with Crippen LogP contribution in [0.4, 0.5) is 5.69 Å². The Morgan fingerprint density at radius 3 is 2.79 bits per heavy atom. The highest BCUT2D eigenvalue weighted by Gasteiger charge is 2.12. The summed E-state index contributed by atoms with van der Waals surface area (Å²) in [5, 5.41) is 6.17. The average Bonchev–Trinajstić information content (AvgIpc) is 3.02. The van der Waals surface area contributed by atoms with Gasteiger partial charge in [0.1, 0.15) is 16.8 Å². The van der Waals surface area contributed by atoms with Gasteiger partial charge in [-0.2, -0.15) is 8.75 Å². The molecule has 2 N–H and O–H groups in total. The van der Waals surface area contributed by atoms with Crippen molar-refractivity contribution in [2.24, 2.45) is 0 Å². The number of hydrogen-bond donors (Lipinski definition) is 2. The minimum Gasteiger partial charge on any atom is -0.495 e. The molecular weight excluding hydrogens is 368 g/mol. The molecule has 24 heavy (non-hydrogen) atoms. The van der Waals surface area contributed by atoms with Gasteiger partial charge < -0.3 is 10.1 Å². The van der Waals surface area contributed by atoms with Gasteiger partial charge in [0.05, 0.1) is 24.5 Å². The topological polar surface area (TPSA) is 76.1 Å². The molecule has 0 fully saturated rings. The molecule has 0 atom stereocenters. The lowest BCUT2D eigenvalue weighted by atomic mass is 10.2. The number of carbonyl (C=O) groups excluding carboxylic acids is 1. The number of ether oxygens (including phenoxy) is 1. The van der Waals surface area contributed by atoms with Gasteiger partial charge in [-0.05, 0) is 48.6 Å². The first-order valence-electron chi connectivity index (χ1n) is 6.75. The number of rotatable bonds is 3. The Morgan fingerprint density at radius 1 is 1.21 bits per heavy atom. The maximum absolute atomic E-state index is 12.3. The van der Waals surface area contributed by atoms with Gasteiger partial charge in [0.25, 0.3) is 5.91 Å². The molecule has 122 valence electrons. The fourth-order valence-corrected chi connectivity index (χ4v) is 2.92. The van der Waals surface area contributed by atoms with Gasteiger partial charge in [0.2, 0.25) is 0 Å². The molecule has 0 aliphatic rings. The van der Waals surface area contributed by atoms with Crippen molar-refractivity contribution in [3.63, 3.8) is 0 Å². The number of amides is 1. The second kappa shape index (κ2) is 7.08. The van der Waals surface area contributed by atoms with E-state index in [1.807, 2.05) is 0 Å². The van der Waals surface area contributed by atoms with E-state index in [1.54, 1.807) is 36.4 Å². The maximum atomic E-state index is 12.3. The minimum atomic E-state index is -0.344. The van der Waals surface area contributed by atoms with Crippen molar-refractivity contribution >= 4 is 63.3 Å². The monoisotopic (exact) mass is 378 g/mol. The van der Waals surface area contributed by atoms with Crippen LogP contribution in [0.3, 0.4) is 0 Å². The van der Waals surface area contributed by atoms with Crippen molar-refractivity contribution in [2.75, 3.05) is 12.4 Å². The molecule has 0 aliphatic heterocycles. The molecule has 1 amide bonds. The number of halogens is 1. The second-order valence-electron chi connectivity index (χ2n) is 4.72. The second-order valence-corrected chi connectivity index (χ2v) is 6.09. The number of methoxy groups -OCH3 is 1. The van der Waals surface area contributed by atoms with Gasteiger partial charge in [-0.1, -0.05) is 11.6 Å². The lowest BCUT2D eigenvalue weighted by Gasteiger charge is -2.13. The largest absolute Gasteiger partial charge is 0.495 e. The van der Waals surface area contributed by atoms with E-state index in [4.69, 9.17) is 28.6 Å². The first-order chi connectivity index (χ1) is 11.6. The van der Waals surface area contributed by atoms with Gasteiger partial charge in [0, 0.05) is 10.6 Å². The van der Waals surface area contributed by atoms with Crippen LogP contribution in [0, 0.1) is 0 Å². The third-order valence-electron chi connectivity index (χ3n) is 3.15. The number of nitrogens with one attached hydrogen (secondary N) is 2. The molecular formula is C15H11ClN4O2S2. The predicted octanol–water partition coefficient (Wildman–Crippen LogP) is 3.48. The number of carbonyl (C=O) groups is 1. The molecule has 0 radical (unpaired) electrons. The number of anilines is 1. The van der Waals surface area contributed by atoms with Crippen LogP contribution in [0.2, 0.25) is 5.02 Å². The van der Waals surface area contributed by atoms with Crippen molar-refractivity contribution in [2.45, 2.75) is 0 Å². The summed E-state index contributed by atoms with van der Waals surface area (Å²) in [6, 6.07) is 10.1. The fourth-order valence-electron chi connectivity index (χ4n) is 2.03. The van der Waals surface area contributed by atoms with Crippen LogP contribution in [-0.2, 0) is 0 Å². The molecule has 3 aromatic rings. The highest BCUT2D eigenvalue weighted by atomic mass is 35.5. The molecule has 6 nitrogen and oxygen atoms in total. The summed E-state index contributed by atoms with van der Waals surface area (Å²) in [5.41, 5.74) is 2.43. The molecule has 3 rings (SSSR count). The Labute approximate surface area is 152 Å². The predicted molar refractivity (Wildman–Crippen MR) is 99.1 cm³/mol. The smallest absolute Gasteiger partial charge is 0.257 e. The molecule has 0 saturated heterocycles. The van der Waals surface area contributed by atoms with E-state index in [1.165, 1.54) is 7.11 Å². The molecule has 0 spiro atoms. The Bertz CT molecular complexity index is 929. The fraction of sp³-hybridized carbons (Fsp3) is 0.0667. The summed E-state index contributed by atoms with van der Waals surface area (Å²) in [5.74, 6) is 0.217. The van der Waals surface area contributed by atoms with E-state index in [0.717, 1.165) is 17.2 Å². The van der Waals surface area contributed by atoms with Crippen LogP contribution in [-0.4, -0.2) is 26.9 Å². The first-order valence-corrected chi connectivity index (χ1v) is 8.26. The summed E-state index contributed by atoms with van der Waals surface area (Å²) in [4.78, 5) is 12.3. The van der Waals surface area contributed by atoms with E-state index >= 15 is 0 Å². The standard InChI is InChI=1S/C15H11ClN4O2S2/c1-22-13-5-3-9(16)7-12(13)17-15(23)18-14(21)8-2-4-10-11(6-8)20-24-19-10/h2-7H,1H3,(H2,17,18,21,23). The van der Waals surface area contributed by atoms with E-state index in [-0.39, 0.29) is 11.0 Å². The molecule has 9 heteroatoms. The Morgan fingerprint density at radius 2 is 2.00 bits per heavy atom. The normalized spacial score (nSPS) is 10.4. The minimum absolute atomic E-state index is 0.136. The summed E-state index contributed by atoms with van der Waals surface area (Å²) < 4.78 is 13.4. The lowest BCUT2D eigenvalue weighted by Crippen LogP contribution is -2.34. The van der Waals surface area contributed by atoms with Crippen LogP contribution in [0.15, 0.2) is 36.4 Å². The maximum Gasteiger partial charge on any atom is 0.257 e. The molecule has 0 aliphatic carbocycles. The van der Waals surface area contributed by atoms with Crippen molar-refractivity contribution < 1.29 is 9.53 Å². The van der Waals surface area contributed by atoms with Gasteiger partial charge in [0.15, 0.2) is 5.11 Å². The number of thiocarbonyl (C=S) groups is 1. The van der Waals surface area contributed by atoms with Gasteiger partial charge in [-0.25, -0.2) is 0 Å². The summed E-state index contributed by atoms with van der Waals surface area (Å²) in [7, 11) is 1.53. The average molecular weight is 379 g/mol. The van der Waals surface area contributed by atoms with Gasteiger partial charge in [-0.15, -0.1) is 0 Å². The molecule has 0 unspecified atom stereocenters. The van der Waals surface area contributed by atoms with Crippen LogP contribution in [0.25, 0.3) is 11.0 Å². The van der Waals surface area contributed by atoms with Crippen molar-refractivity contribution in [3.8, 4) is 5.75 Å². The number of fused-ring (bicyclic) bond motifs is 1. The third-order valence-corrected chi connectivity index (χ3v) is 4.15.